The van der Waals surface area contributed by atoms with E-state index in [-0.39, 0.29) is 25.8 Å². The molecule has 0 aromatic heterocycles. The first-order valence-electron chi connectivity index (χ1n) is 4.94. The molecule has 0 radical (unpaired) electrons. The Labute approximate surface area is 94.6 Å². The lowest BCUT2D eigenvalue weighted by molar-refractivity contribution is -0.146. The van der Waals surface area contributed by atoms with E-state index >= 15 is 0 Å². The Morgan fingerprint density at radius 3 is 2.69 bits per heavy atom. The molecule has 7 nitrogen and oxygen atoms in total. The highest BCUT2D eigenvalue weighted by atomic mass is 32.2. The molecular weight excluding hydrogens is 236 g/mol. The van der Waals surface area contributed by atoms with Gasteiger partial charge in [0.15, 0.2) is 0 Å². The molecule has 94 valence electrons. The normalized spacial score (nSPS) is 23.6. The number of nitrogens with zero attached hydrogens (tertiary/aromatic N) is 1. The van der Waals surface area contributed by atoms with Gasteiger partial charge in [-0.15, -0.1) is 0 Å². The van der Waals surface area contributed by atoms with Crippen molar-refractivity contribution < 1.29 is 23.1 Å². The van der Waals surface area contributed by atoms with Gasteiger partial charge in [-0.3, -0.25) is 4.79 Å². The van der Waals surface area contributed by atoms with Gasteiger partial charge in [-0.25, -0.2) is 0 Å². The molecule has 0 aromatic carbocycles. The van der Waals surface area contributed by atoms with Crippen LogP contribution in [0.4, 0.5) is 0 Å². The summed E-state index contributed by atoms with van der Waals surface area (Å²) < 4.78 is 31.9. The summed E-state index contributed by atoms with van der Waals surface area (Å²) in [5, 5.41) is 8.89. The number of carboxylic acids is 1. The molecule has 1 atom stereocenters. The van der Waals surface area contributed by atoms with Gasteiger partial charge >= 0.3 is 5.97 Å². The monoisotopic (exact) mass is 252 g/mol. The molecule has 1 unspecified atom stereocenters. The van der Waals surface area contributed by atoms with Crippen molar-refractivity contribution in [2.75, 3.05) is 19.8 Å². The SMILES string of the molecule is CC(C)NS(=O)(=O)N1CCOCC1C(=O)O. The van der Waals surface area contributed by atoms with Crippen LogP contribution in [-0.2, 0) is 19.7 Å². The first-order chi connectivity index (χ1) is 7.34. The first-order valence-corrected chi connectivity index (χ1v) is 6.38. The van der Waals surface area contributed by atoms with E-state index in [1.165, 1.54) is 0 Å². The van der Waals surface area contributed by atoms with Gasteiger partial charge in [-0.1, -0.05) is 0 Å². The van der Waals surface area contributed by atoms with E-state index in [9.17, 15) is 13.2 Å². The largest absolute Gasteiger partial charge is 0.480 e. The van der Waals surface area contributed by atoms with Crippen LogP contribution in [0.15, 0.2) is 0 Å². The zero-order valence-electron chi connectivity index (χ0n) is 9.21. The van der Waals surface area contributed by atoms with Crippen LogP contribution in [0.2, 0.25) is 0 Å². The van der Waals surface area contributed by atoms with E-state index in [0.717, 1.165) is 4.31 Å². The number of hydrogen-bond acceptors (Lipinski definition) is 4. The van der Waals surface area contributed by atoms with E-state index in [1.807, 2.05) is 0 Å². The molecule has 1 saturated heterocycles. The molecule has 0 bridgehead atoms. The molecule has 0 aromatic rings. The summed E-state index contributed by atoms with van der Waals surface area (Å²) in [6.45, 7) is 3.50. The Morgan fingerprint density at radius 2 is 2.19 bits per heavy atom. The Bertz CT molecular complexity index is 353. The second kappa shape index (κ2) is 5.09. The van der Waals surface area contributed by atoms with Crippen molar-refractivity contribution in [1.29, 1.82) is 0 Å². The highest BCUT2D eigenvalue weighted by molar-refractivity contribution is 7.87. The number of aliphatic carboxylic acids is 1. The van der Waals surface area contributed by atoms with Gasteiger partial charge in [0, 0.05) is 12.6 Å². The lowest BCUT2D eigenvalue weighted by Crippen LogP contribution is -2.56. The van der Waals surface area contributed by atoms with Gasteiger partial charge in [0.2, 0.25) is 0 Å². The molecule has 0 amide bonds. The lowest BCUT2D eigenvalue weighted by Gasteiger charge is -2.32. The van der Waals surface area contributed by atoms with Crippen molar-refractivity contribution in [2.45, 2.75) is 25.9 Å². The van der Waals surface area contributed by atoms with Crippen molar-refractivity contribution in [3.8, 4) is 0 Å². The van der Waals surface area contributed by atoms with Gasteiger partial charge < -0.3 is 9.84 Å². The zero-order valence-corrected chi connectivity index (χ0v) is 10.0. The molecule has 0 spiro atoms. The van der Waals surface area contributed by atoms with Crippen LogP contribution < -0.4 is 4.72 Å². The van der Waals surface area contributed by atoms with Crippen molar-refractivity contribution in [3.05, 3.63) is 0 Å². The number of rotatable bonds is 4. The fourth-order valence-corrected chi connectivity index (χ4v) is 2.97. The maximum Gasteiger partial charge on any atom is 0.324 e. The number of ether oxygens (including phenoxy) is 1. The topological polar surface area (TPSA) is 95.9 Å². The lowest BCUT2D eigenvalue weighted by atomic mass is 10.3. The standard InChI is InChI=1S/C8H16N2O5S/c1-6(2)9-16(13,14)10-3-4-15-5-7(10)8(11)12/h6-7,9H,3-5H2,1-2H3,(H,11,12). The van der Waals surface area contributed by atoms with Crippen LogP contribution in [0, 0.1) is 0 Å². The third-order valence-corrected chi connectivity index (χ3v) is 3.88. The molecule has 16 heavy (non-hydrogen) atoms. The average molecular weight is 252 g/mol. The Morgan fingerprint density at radius 1 is 1.56 bits per heavy atom. The van der Waals surface area contributed by atoms with E-state index in [4.69, 9.17) is 9.84 Å². The minimum atomic E-state index is -3.75. The smallest absolute Gasteiger partial charge is 0.324 e. The summed E-state index contributed by atoms with van der Waals surface area (Å²) in [6.07, 6.45) is 0. The summed E-state index contributed by atoms with van der Waals surface area (Å²) in [5.41, 5.74) is 0. The van der Waals surface area contributed by atoms with Gasteiger partial charge in [0.1, 0.15) is 6.04 Å². The molecule has 0 aliphatic carbocycles. The predicted octanol–water partition coefficient (Wildman–Crippen LogP) is -0.985. The van der Waals surface area contributed by atoms with Gasteiger partial charge in [-0.05, 0) is 13.8 Å². The van der Waals surface area contributed by atoms with Crippen LogP contribution in [0.5, 0.6) is 0 Å². The fourth-order valence-electron chi connectivity index (χ4n) is 1.44. The van der Waals surface area contributed by atoms with E-state index in [0.29, 0.717) is 0 Å². The first kappa shape index (κ1) is 13.4. The zero-order chi connectivity index (χ0) is 12.3. The highest BCUT2D eigenvalue weighted by Crippen LogP contribution is 2.11. The fraction of sp³-hybridized carbons (Fsp3) is 0.875. The maximum absolute atomic E-state index is 11.8. The van der Waals surface area contributed by atoms with Gasteiger partial charge in [-0.2, -0.15) is 17.4 Å². The summed E-state index contributed by atoms with van der Waals surface area (Å²) in [5.74, 6) is -1.20. The third kappa shape index (κ3) is 3.14. The minimum absolute atomic E-state index is 0.0546. The second-order valence-electron chi connectivity index (χ2n) is 3.82. The molecule has 2 N–H and O–H groups in total. The quantitative estimate of drug-likeness (QED) is 0.670. The van der Waals surface area contributed by atoms with Gasteiger partial charge in [0.05, 0.1) is 13.2 Å². The summed E-state index contributed by atoms with van der Waals surface area (Å²) in [6, 6.07) is -1.42. The van der Waals surface area contributed by atoms with E-state index < -0.39 is 22.2 Å². The molecular formula is C8H16N2O5S. The molecule has 1 fully saturated rings. The number of carboxylic acid groups (broad SMARTS) is 1. The van der Waals surface area contributed by atoms with Crippen molar-refractivity contribution in [1.82, 2.24) is 9.03 Å². The Kier molecular flexibility index (Phi) is 4.25. The van der Waals surface area contributed by atoms with Crippen LogP contribution in [0.25, 0.3) is 0 Å². The third-order valence-electron chi connectivity index (χ3n) is 2.06. The van der Waals surface area contributed by atoms with Crippen LogP contribution in [0.3, 0.4) is 0 Å². The summed E-state index contributed by atoms with van der Waals surface area (Å²) >= 11 is 0. The molecule has 8 heteroatoms. The van der Waals surface area contributed by atoms with Crippen molar-refractivity contribution in [2.24, 2.45) is 0 Å². The Hall–Kier alpha value is -0.700. The second-order valence-corrected chi connectivity index (χ2v) is 5.47. The highest BCUT2D eigenvalue weighted by Gasteiger charge is 2.37. The maximum atomic E-state index is 11.8. The van der Waals surface area contributed by atoms with Crippen molar-refractivity contribution >= 4 is 16.2 Å². The number of morpholine rings is 1. The number of carbonyl (C=O) groups is 1. The summed E-state index contributed by atoms with van der Waals surface area (Å²) in [7, 11) is -3.75. The summed E-state index contributed by atoms with van der Waals surface area (Å²) in [4.78, 5) is 10.9. The average Bonchev–Trinajstić information content (AvgIpc) is 2.15. The van der Waals surface area contributed by atoms with E-state index in [1.54, 1.807) is 13.8 Å². The van der Waals surface area contributed by atoms with Crippen LogP contribution >= 0.6 is 0 Å². The number of hydrogen-bond donors (Lipinski definition) is 2. The molecule has 1 aliphatic heterocycles. The molecule has 1 heterocycles. The molecule has 1 rings (SSSR count). The van der Waals surface area contributed by atoms with Gasteiger partial charge in [0.25, 0.3) is 10.2 Å². The van der Waals surface area contributed by atoms with Crippen molar-refractivity contribution in [3.63, 3.8) is 0 Å². The molecule has 0 saturated carbocycles. The predicted molar refractivity (Wildman–Crippen MR) is 56.1 cm³/mol. The van der Waals surface area contributed by atoms with Crippen LogP contribution in [0.1, 0.15) is 13.8 Å². The minimum Gasteiger partial charge on any atom is -0.480 e. The number of nitrogens with one attached hydrogen (secondary N) is 1. The Balaban J connectivity index is 2.86. The van der Waals surface area contributed by atoms with E-state index in [2.05, 4.69) is 4.72 Å². The molecule has 1 aliphatic rings. The van der Waals surface area contributed by atoms with Crippen LogP contribution in [-0.4, -0.2) is 55.6 Å².